The topological polar surface area (TPSA) is 103 Å². The average molecular weight is 358 g/mol. The van der Waals surface area contributed by atoms with Crippen LogP contribution in [0.2, 0.25) is 0 Å². The van der Waals surface area contributed by atoms with Gasteiger partial charge in [0.25, 0.3) is 0 Å². The lowest BCUT2D eigenvalue weighted by molar-refractivity contribution is 0.0694. The maximum Gasteiger partial charge on any atom is 0.570 e. The van der Waals surface area contributed by atoms with Crippen molar-refractivity contribution < 1.29 is 14.6 Å². The minimum absolute atomic E-state index is 0.0468. The lowest BCUT2D eigenvalue weighted by atomic mass is 9.68. The number of hydrogen-bond acceptors (Lipinski definition) is 7. The Hall–Kier alpha value is -2.39. The second-order valence-corrected chi connectivity index (χ2v) is 6.65. The molecule has 0 radical (unpaired) electrons. The summed E-state index contributed by atoms with van der Waals surface area (Å²) in [6, 6.07) is 4.94. The van der Waals surface area contributed by atoms with E-state index in [1.807, 2.05) is 0 Å². The molecule has 0 aromatic heterocycles. The summed E-state index contributed by atoms with van der Waals surface area (Å²) in [6.45, 7) is 8.67. The molecule has 1 saturated heterocycles. The first-order valence-corrected chi connectivity index (χ1v) is 8.80. The first kappa shape index (κ1) is 18.4. The number of carbonyl (C=O) groups is 1. The van der Waals surface area contributed by atoms with Gasteiger partial charge in [-0.15, -0.1) is 0 Å². The number of carboxylic acids is 1. The Morgan fingerprint density at radius 1 is 1.46 bits per heavy atom. The fraction of sp³-hybridized carbons (Fsp3) is 0.471. The summed E-state index contributed by atoms with van der Waals surface area (Å²) in [7, 11) is -0.995. The summed E-state index contributed by atoms with van der Waals surface area (Å²) in [5, 5.41) is 18.9. The number of carboxylic acid groups (broad SMARTS) is 1. The Morgan fingerprint density at radius 2 is 2.31 bits per heavy atom. The highest BCUT2D eigenvalue weighted by Crippen LogP contribution is 2.31. The predicted octanol–water partition coefficient (Wildman–Crippen LogP) is 0.881. The molecule has 26 heavy (non-hydrogen) atoms. The van der Waals surface area contributed by atoms with Gasteiger partial charge in [0.1, 0.15) is 5.75 Å². The van der Waals surface area contributed by atoms with E-state index in [-0.39, 0.29) is 17.3 Å². The molecule has 3 N–H and O–H groups in total. The van der Waals surface area contributed by atoms with Crippen LogP contribution in [0.1, 0.15) is 22.3 Å². The zero-order valence-corrected chi connectivity index (χ0v) is 14.6. The highest BCUT2D eigenvalue weighted by Gasteiger charge is 2.39. The van der Waals surface area contributed by atoms with E-state index in [9.17, 15) is 14.8 Å². The number of benzene rings is 1. The molecular weight excluding hydrogens is 335 g/mol. The van der Waals surface area contributed by atoms with Gasteiger partial charge in [-0.25, -0.2) is 4.79 Å². The molecule has 9 heteroatoms. The molecule has 0 spiro atoms. The maximum atomic E-state index is 11.3. The van der Waals surface area contributed by atoms with Gasteiger partial charge in [-0.05, 0) is 37.6 Å². The van der Waals surface area contributed by atoms with Crippen LogP contribution >= 0.6 is 0 Å². The molecular formula is C17H23BN4O4. The molecule has 1 atom stereocenters. The van der Waals surface area contributed by atoms with Crippen LogP contribution in [0.25, 0.3) is 0 Å². The Kier molecular flexibility index (Phi) is 5.90. The van der Waals surface area contributed by atoms with Gasteiger partial charge in [0.05, 0.1) is 11.5 Å². The third-order valence-corrected chi connectivity index (χ3v) is 4.69. The summed E-state index contributed by atoms with van der Waals surface area (Å²) < 4.78 is 5.61. The Balaban J connectivity index is 1.68. The van der Waals surface area contributed by atoms with Gasteiger partial charge < -0.3 is 20.4 Å². The van der Waals surface area contributed by atoms with Crippen LogP contribution in [0.5, 0.6) is 5.75 Å². The van der Waals surface area contributed by atoms with Crippen molar-refractivity contribution in [2.75, 3.05) is 32.7 Å². The van der Waals surface area contributed by atoms with Crippen LogP contribution in [-0.2, 0) is 6.42 Å². The molecule has 1 aromatic rings. The van der Waals surface area contributed by atoms with Gasteiger partial charge in [-0.1, -0.05) is 23.8 Å². The van der Waals surface area contributed by atoms with Gasteiger partial charge in [0.2, 0.25) is 0 Å². The summed E-state index contributed by atoms with van der Waals surface area (Å²) in [5.41, 5.74) is 1.59. The standard InChI is InChI=1S/C17H23BN4O4/c1-12(11-22-8-3-6-19-7-9-22)20-15-10-13-4-2-5-14(17(23)24)16(13)26-18(15)21-25/h2,4-5,15,19-20H,1,3,6-11H2,(H,23,24). The second kappa shape index (κ2) is 8.33. The molecule has 0 aliphatic carbocycles. The zero-order chi connectivity index (χ0) is 18.5. The third-order valence-electron chi connectivity index (χ3n) is 4.69. The van der Waals surface area contributed by atoms with E-state index in [1.165, 1.54) is 6.07 Å². The van der Waals surface area contributed by atoms with Crippen LogP contribution in [0, 0.1) is 4.91 Å². The smallest absolute Gasteiger partial charge is 0.536 e. The Morgan fingerprint density at radius 3 is 3.08 bits per heavy atom. The van der Waals surface area contributed by atoms with Crippen molar-refractivity contribution in [3.05, 3.63) is 46.5 Å². The van der Waals surface area contributed by atoms with Gasteiger partial charge in [0.15, 0.2) is 0 Å². The predicted molar refractivity (Wildman–Crippen MR) is 99.3 cm³/mol. The lowest BCUT2D eigenvalue weighted by Gasteiger charge is -2.30. The number of nitroso groups, excluding NO2 is 1. The molecule has 2 aliphatic heterocycles. The van der Waals surface area contributed by atoms with E-state index in [2.05, 4.69) is 27.2 Å². The van der Waals surface area contributed by atoms with Crippen molar-refractivity contribution in [3.63, 3.8) is 0 Å². The van der Waals surface area contributed by atoms with Crippen molar-refractivity contribution >= 4 is 13.0 Å². The first-order chi connectivity index (χ1) is 12.6. The average Bonchev–Trinajstić information content (AvgIpc) is 2.88. The quantitative estimate of drug-likeness (QED) is 0.512. The van der Waals surface area contributed by atoms with Crippen molar-refractivity contribution in [1.29, 1.82) is 0 Å². The van der Waals surface area contributed by atoms with Crippen LogP contribution in [0.3, 0.4) is 0 Å². The van der Waals surface area contributed by atoms with Crippen molar-refractivity contribution in [1.82, 2.24) is 15.5 Å². The van der Waals surface area contributed by atoms with E-state index < -0.39 is 13.0 Å². The molecule has 3 rings (SSSR count). The largest absolute Gasteiger partial charge is 0.570 e. The van der Waals surface area contributed by atoms with Gasteiger partial charge in [-0.2, -0.15) is 4.91 Å². The van der Waals surface area contributed by atoms with E-state index >= 15 is 0 Å². The third kappa shape index (κ3) is 4.23. The number of hydrogen-bond donors (Lipinski definition) is 3. The number of fused-ring (bicyclic) bond motifs is 1. The van der Waals surface area contributed by atoms with Crippen LogP contribution in [-0.4, -0.2) is 61.7 Å². The summed E-state index contributed by atoms with van der Waals surface area (Å²) in [4.78, 5) is 24.9. The summed E-state index contributed by atoms with van der Waals surface area (Å²) in [5.74, 6) is -1.23. The molecule has 2 heterocycles. The van der Waals surface area contributed by atoms with E-state index in [1.54, 1.807) is 12.1 Å². The van der Waals surface area contributed by atoms with Crippen LogP contribution < -0.4 is 15.3 Å². The van der Waals surface area contributed by atoms with Gasteiger partial charge in [-0.3, -0.25) is 4.90 Å². The van der Waals surface area contributed by atoms with Crippen molar-refractivity contribution in [3.8, 4) is 5.75 Å². The maximum absolute atomic E-state index is 11.3. The van der Waals surface area contributed by atoms with Crippen LogP contribution in [0.4, 0.5) is 0 Å². The van der Waals surface area contributed by atoms with Crippen LogP contribution in [0.15, 0.2) is 35.6 Å². The molecule has 2 aliphatic rings. The SMILES string of the molecule is C=C(CN1CCCNCC1)NC1Cc2cccc(C(=O)O)c2OB1N=O. The Labute approximate surface area is 152 Å². The zero-order valence-electron chi connectivity index (χ0n) is 14.6. The minimum Gasteiger partial charge on any atom is -0.536 e. The van der Waals surface area contributed by atoms with Crippen molar-refractivity contribution in [2.45, 2.75) is 18.8 Å². The highest BCUT2D eigenvalue weighted by molar-refractivity contribution is 6.53. The number of para-hydroxylation sites is 1. The molecule has 138 valence electrons. The van der Waals surface area contributed by atoms with E-state index in [0.717, 1.165) is 43.9 Å². The number of aromatic carboxylic acids is 1. The second-order valence-electron chi connectivity index (χ2n) is 6.65. The normalized spacial score (nSPS) is 20.5. The van der Waals surface area contributed by atoms with Gasteiger partial charge >= 0.3 is 13.0 Å². The molecule has 8 nitrogen and oxygen atoms in total. The molecule has 1 fully saturated rings. The Bertz CT molecular complexity index is 691. The number of rotatable bonds is 6. The van der Waals surface area contributed by atoms with Crippen molar-refractivity contribution in [2.24, 2.45) is 5.09 Å². The fourth-order valence-electron chi connectivity index (χ4n) is 3.45. The van der Waals surface area contributed by atoms with Gasteiger partial charge in [0, 0.05) is 25.3 Å². The summed E-state index contributed by atoms with van der Waals surface area (Å²) in [6.07, 6.45) is 1.54. The number of nitrogens with one attached hydrogen (secondary N) is 2. The molecule has 1 aromatic carbocycles. The monoisotopic (exact) mass is 358 g/mol. The van der Waals surface area contributed by atoms with E-state index in [4.69, 9.17) is 4.65 Å². The fourth-order valence-corrected chi connectivity index (χ4v) is 3.45. The lowest BCUT2D eigenvalue weighted by Crippen LogP contribution is -2.50. The number of nitrogens with zero attached hydrogens (tertiary/aromatic N) is 2. The highest BCUT2D eigenvalue weighted by atomic mass is 16.5. The molecule has 1 unspecified atom stereocenters. The molecule has 0 bridgehead atoms. The van der Waals surface area contributed by atoms with E-state index in [0.29, 0.717) is 13.0 Å². The first-order valence-electron chi connectivity index (χ1n) is 8.80. The molecule has 0 amide bonds. The summed E-state index contributed by atoms with van der Waals surface area (Å²) >= 11 is 0. The minimum atomic E-state index is -1.09. The molecule has 0 saturated carbocycles.